The summed E-state index contributed by atoms with van der Waals surface area (Å²) in [4.78, 5) is 17.4. The van der Waals surface area contributed by atoms with E-state index >= 15 is 0 Å². The third-order valence-corrected chi connectivity index (χ3v) is 5.47. The molecule has 1 unspecified atom stereocenters. The van der Waals surface area contributed by atoms with Crippen molar-refractivity contribution in [1.82, 2.24) is 20.1 Å². The molecule has 1 amide bonds. The largest absolute Gasteiger partial charge is 0.497 e. The van der Waals surface area contributed by atoms with Crippen LogP contribution in [0.2, 0.25) is 0 Å². The lowest BCUT2D eigenvalue weighted by Crippen LogP contribution is -2.30. The highest BCUT2D eigenvalue weighted by Crippen LogP contribution is 2.31. The maximum atomic E-state index is 12.9. The molecule has 32 heavy (non-hydrogen) atoms. The Morgan fingerprint density at radius 1 is 1.09 bits per heavy atom. The van der Waals surface area contributed by atoms with E-state index in [0.29, 0.717) is 17.1 Å². The zero-order valence-corrected chi connectivity index (χ0v) is 18.6. The normalized spacial score (nSPS) is 11.9. The van der Waals surface area contributed by atoms with Gasteiger partial charge in [-0.15, -0.1) is 0 Å². The minimum Gasteiger partial charge on any atom is -0.497 e. The van der Waals surface area contributed by atoms with Gasteiger partial charge in [0.05, 0.1) is 26.0 Å². The maximum absolute atomic E-state index is 12.9. The summed E-state index contributed by atoms with van der Waals surface area (Å²) in [6.07, 6.45) is 1.75. The Bertz CT molecular complexity index is 1250. The van der Waals surface area contributed by atoms with Crippen molar-refractivity contribution in [2.24, 2.45) is 0 Å². The molecule has 0 fully saturated rings. The van der Waals surface area contributed by atoms with Crippen LogP contribution in [0.4, 0.5) is 0 Å². The van der Waals surface area contributed by atoms with Crippen molar-refractivity contribution in [3.8, 4) is 22.6 Å². The van der Waals surface area contributed by atoms with Crippen LogP contribution in [0.15, 0.2) is 60.8 Å². The molecule has 2 aromatic heterocycles. The van der Waals surface area contributed by atoms with Gasteiger partial charge in [-0.2, -0.15) is 5.10 Å². The van der Waals surface area contributed by atoms with Gasteiger partial charge in [0.25, 0.3) is 0 Å². The first-order valence-corrected chi connectivity index (χ1v) is 10.4. The van der Waals surface area contributed by atoms with Crippen LogP contribution in [0.1, 0.15) is 24.2 Å². The van der Waals surface area contributed by atoms with E-state index < -0.39 is 0 Å². The number of benzene rings is 2. The molecule has 1 atom stereocenters. The molecule has 2 aromatic carbocycles. The van der Waals surface area contributed by atoms with Crippen LogP contribution >= 0.6 is 0 Å². The summed E-state index contributed by atoms with van der Waals surface area (Å²) in [6.45, 7) is 3.91. The van der Waals surface area contributed by atoms with E-state index in [0.717, 1.165) is 27.8 Å². The molecule has 7 nitrogen and oxygen atoms in total. The van der Waals surface area contributed by atoms with Crippen LogP contribution < -0.4 is 14.8 Å². The molecule has 0 spiro atoms. The highest BCUT2D eigenvalue weighted by molar-refractivity contribution is 5.95. The van der Waals surface area contributed by atoms with Gasteiger partial charge in [0.1, 0.15) is 18.0 Å². The molecule has 164 valence electrons. The van der Waals surface area contributed by atoms with Crippen molar-refractivity contribution in [3.63, 3.8) is 0 Å². The molecular weight excluding hydrogens is 404 g/mol. The number of methoxy groups -OCH3 is 2. The number of nitrogens with one attached hydrogen (secondary N) is 1. The SMILES string of the molecule is COc1ccc(OC)c(C(C)NC(=O)Cn2nc(C)c3c(-c4ccccc4)ccnc32)c1. The number of nitrogens with zero attached hydrogens (tertiary/aromatic N) is 3. The molecule has 2 heterocycles. The van der Waals surface area contributed by atoms with Gasteiger partial charge in [-0.05, 0) is 49.2 Å². The topological polar surface area (TPSA) is 78.3 Å². The maximum Gasteiger partial charge on any atom is 0.242 e. The average Bonchev–Trinajstić information content (AvgIpc) is 3.14. The number of aryl methyl sites for hydroxylation is 1. The minimum atomic E-state index is -0.275. The molecule has 0 radical (unpaired) electrons. The lowest BCUT2D eigenvalue weighted by atomic mass is 10.0. The number of aromatic nitrogens is 3. The van der Waals surface area contributed by atoms with Crippen LogP contribution in [0.25, 0.3) is 22.2 Å². The molecule has 4 rings (SSSR count). The van der Waals surface area contributed by atoms with Gasteiger partial charge >= 0.3 is 0 Å². The molecule has 0 saturated heterocycles. The Balaban J connectivity index is 1.59. The Morgan fingerprint density at radius 2 is 1.88 bits per heavy atom. The van der Waals surface area contributed by atoms with Gasteiger partial charge in [0.2, 0.25) is 5.91 Å². The smallest absolute Gasteiger partial charge is 0.242 e. The lowest BCUT2D eigenvalue weighted by Gasteiger charge is -2.18. The van der Waals surface area contributed by atoms with Crippen molar-refractivity contribution in [1.29, 1.82) is 0 Å². The van der Waals surface area contributed by atoms with E-state index in [1.165, 1.54) is 0 Å². The first-order chi connectivity index (χ1) is 15.5. The number of hydrogen-bond acceptors (Lipinski definition) is 5. The van der Waals surface area contributed by atoms with Gasteiger partial charge in [0, 0.05) is 17.1 Å². The van der Waals surface area contributed by atoms with Gasteiger partial charge < -0.3 is 14.8 Å². The van der Waals surface area contributed by atoms with Crippen molar-refractivity contribution in [3.05, 3.63) is 72.1 Å². The van der Waals surface area contributed by atoms with Crippen LogP contribution in [0.3, 0.4) is 0 Å². The molecule has 0 aliphatic rings. The van der Waals surface area contributed by atoms with Crippen molar-refractivity contribution in [2.45, 2.75) is 26.4 Å². The monoisotopic (exact) mass is 430 g/mol. The van der Waals surface area contributed by atoms with Crippen molar-refractivity contribution >= 4 is 16.9 Å². The summed E-state index contributed by atoms with van der Waals surface area (Å²) in [7, 11) is 3.21. The average molecular weight is 431 g/mol. The van der Waals surface area contributed by atoms with Crippen molar-refractivity contribution < 1.29 is 14.3 Å². The molecule has 0 saturated carbocycles. The van der Waals surface area contributed by atoms with Crippen LogP contribution in [0, 0.1) is 6.92 Å². The Kier molecular flexibility index (Phi) is 6.07. The second-order valence-electron chi connectivity index (χ2n) is 7.56. The summed E-state index contributed by atoms with van der Waals surface area (Å²) in [6, 6.07) is 17.3. The predicted octanol–water partition coefficient (Wildman–Crippen LogP) is 4.30. The summed E-state index contributed by atoms with van der Waals surface area (Å²) < 4.78 is 12.4. The van der Waals surface area contributed by atoms with Crippen molar-refractivity contribution in [2.75, 3.05) is 14.2 Å². The van der Waals surface area contributed by atoms with Crippen LogP contribution in [0.5, 0.6) is 11.5 Å². The van der Waals surface area contributed by atoms with E-state index in [1.807, 2.05) is 56.3 Å². The second-order valence-corrected chi connectivity index (χ2v) is 7.56. The first kappa shape index (κ1) is 21.4. The highest BCUT2D eigenvalue weighted by atomic mass is 16.5. The minimum absolute atomic E-state index is 0.0617. The number of pyridine rings is 1. The number of amides is 1. The number of ether oxygens (including phenoxy) is 2. The van der Waals surface area contributed by atoms with Gasteiger partial charge in [0.15, 0.2) is 5.65 Å². The fraction of sp³-hybridized carbons (Fsp3) is 0.240. The summed E-state index contributed by atoms with van der Waals surface area (Å²) >= 11 is 0. The van der Waals surface area contributed by atoms with Crippen LogP contribution in [-0.2, 0) is 11.3 Å². The number of carbonyl (C=O) groups is 1. The van der Waals surface area contributed by atoms with Gasteiger partial charge in [-0.25, -0.2) is 9.67 Å². The van der Waals surface area contributed by atoms with E-state index in [9.17, 15) is 4.79 Å². The first-order valence-electron chi connectivity index (χ1n) is 10.4. The predicted molar refractivity (Wildman–Crippen MR) is 124 cm³/mol. The number of hydrogen-bond donors (Lipinski definition) is 1. The molecular formula is C25H26N4O3. The fourth-order valence-electron chi connectivity index (χ4n) is 3.93. The third kappa shape index (κ3) is 4.14. The Morgan fingerprint density at radius 3 is 2.59 bits per heavy atom. The fourth-order valence-corrected chi connectivity index (χ4v) is 3.93. The lowest BCUT2D eigenvalue weighted by molar-refractivity contribution is -0.122. The third-order valence-electron chi connectivity index (χ3n) is 5.47. The molecule has 7 heteroatoms. The second kappa shape index (κ2) is 9.09. The summed E-state index contributed by atoms with van der Waals surface area (Å²) in [5, 5.41) is 8.59. The highest BCUT2D eigenvalue weighted by Gasteiger charge is 2.19. The summed E-state index contributed by atoms with van der Waals surface area (Å²) in [5.74, 6) is 1.22. The standard InChI is InChI=1S/C25H26N4O3/c1-16(21-14-19(31-3)10-11-22(21)32-4)27-23(30)15-29-25-24(17(2)28-29)20(12-13-26-25)18-8-6-5-7-9-18/h5-14,16H,15H2,1-4H3,(H,27,30). The van der Waals surface area contributed by atoms with Gasteiger partial charge in [-0.1, -0.05) is 30.3 Å². The zero-order chi connectivity index (χ0) is 22.7. The molecule has 4 aromatic rings. The van der Waals surface area contributed by atoms with Crippen LogP contribution in [-0.4, -0.2) is 34.9 Å². The summed E-state index contributed by atoms with van der Waals surface area (Å²) in [5.41, 5.74) is 4.50. The molecule has 1 N–H and O–H groups in total. The van der Waals surface area contributed by atoms with E-state index in [2.05, 4.69) is 27.5 Å². The van der Waals surface area contributed by atoms with E-state index in [-0.39, 0.29) is 18.5 Å². The quantitative estimate of drug-likeness (QED) is 0.473. The Hall–Kier alpha value is -3.87. The molecule has 0 aliphatic carbocycles. The zero-order valence-electron chi connectivity index (χ0n) is 18.6. The number of fused-ring (bicyclic) bond motifs is 1. The van der Waals surface area contributed by atoms with E-state index in [4.69, 9.17) is 9.47 Å². The number of rotatable bonds is 7. The Labute approximate surface area is 187 Å². The molecule has 0 bridgehead atoms. The van der Waals surface area contributed by atoms with E-state index in [1.54, 1.807) is 25.1 Å². The van der Waals surface area contributed by atoms with Gasteiger partial charge in [-0.3, -0.25) is 4.79 Å². The number of carbonyl (C=O) groups excluding carboxylic acids is 1. The molecule has 0 aliphatic heterocycles.